The Kier molecular flexibility index (Phi) is 4.40. The molecule has 19 heavy (non-hydrogen) atoms. The normalized spacial score (nSPS) is 16.3. The zero-order valence-corrected chi connectivity index (χ0v) is 11.4. The van der Waals surface area contributed by atoms with Crippen LogP contribution in [0.1, 0.15) is 42.5 Å². The molecule has 1 aliphatic rings. The van der Waals surface area contributed by atoms with Gasteiger partial charge in [-0.3, -0.25) is 4.79 Å². The molecule has 0 saturated heterocycles. The standard InChI is InChI=1S/C15H21FN2O/c1-18(10-11-5-3-2-4-6-11)15(19)13-8-7-12(17)9-14(13)16/h7-9,11H,2-6,10,17H2,1H3. The van der Waals surface area contributed by atoms with Crippen LogP contribution in [0.5, 0.6) is 0 Å². The number of amides is 1. The molecule has 0 unspecified atom stereocenters. The number of hydrogen-bond acceptors (Lipinski definition) is 2. The molecular weight excluding hydrogens is 243 g/mol. The van der Waals surface area contributed by atoms with Crippen molar-refractivity contribution in [1.29, 1.82) is 0 Å². The van der Waals surface area contributed by atoms with Crippen molar-refractivity contribution in [3.05, 3.63) is 29.6 Å². The van der Waals surface area contributed by atoms with Crippen molar-refractivity contribution in [1.82, 2.24) is 4.90 Å². The SMILES string of the molecule is CN(CC1CCCCC1)C(=O)c1ccc(N)cc1F. The second-order valence-corrected chi connectivity index (χ2v) is 5.43. The van der Waals surface area contributed by atoms with E-state index in [0.29, 0.717) is 18.2 Å². The maximum atomic E-state index is 13.7. The minimum atomic E-state index is -0.541. The van der Waals surface area contributed by atoms with Crippen LogP contribution in [0.2, 0.25) is 0 Å². The predicted molar refractivity (Wildman–Crippen MR) is 74.3 cm³/mol. The summed E-state index contributed by atoms with van der Waals surface area (Å²) in [5.74, 6) is -0.247. The molecule has 0 spiro atoms. The van der Waals surface area contributed by atoms with Crippen molar-refractivity contribution in [2.24, 2.45) is 5.92 Å². The molecule has 0 aliphatic heterocycles. The van der Waals surface area contributed by atoms with Gasteiger partial charge in [-0.1, -0.05) is 19.3 Å². The Hall–Kier alpha value is -1.58. The lowest BCUT2D eigenvalue weighted by Crippen LogP contribution is -2.33. The van der Waals surface area contributed by atoms with Gasteiger partial charge in [0.2, 0.25) is 0 Å². The van der Waals surface area contributed by atoms with Gasteiger partial charge in [-0.15, -0.1) is 0 Å². The first-order valence-corrected chi connectivity index (χ1v) is 6.88. The molecule has 1 aliphatic carbocycles. The monoisotopic (exact) mass is 264 g/mol. The number of nitrogens with zero attached hydrogens (tertiary/aromatic N) is 1. The molecule has 1 aromatic carbocycles. The first kappa shape index (κ1) is 13.8. The summed E-state index contributed by atoms with van der Waals surface area (Å²) in [5, 5.41) is 0. The van der Waals surface area contributed by atoms with Gasteiger partial charge >= 0.3 is 0 Å². The van der Waals surface area contributed by atoms with Crippen LogP contribution in [0.15, 0.2) is 18.2 Å². The van der Waals surface area contributed by atoms with E-state index >= 15 is 0 Å². The van der Waals surface area contributed by atoms with Crippen LogP contribution in [0, 0.1) is 11.7 Å². The van der Waals surface area contributed by atoms with Gasteiger partial charge in [0.25, 0.3) is 5.91 Å². The molecular formula is C15H21FN2O. The highest BCUT2D eigenvalue weighted by atomic mass is 19.1. The van der Waals surface area contributed by atoms with Gasteiger partial charge in [0.15, 0.2) is 0 Å². The minimum Gasteiger partial charge on any atom is -0.399 e. The number of benzene rings is 1. The van der Waals surface area contributed by atoms with Gasteiger partial charge in [0.1, 0.15) is 5.82 Å². The second-order valence-electron chi connectivity index (χ2n) is 5.43. The average Bonchev–Trinajstić information content (AvgIpc) is 2.39. The molecule has 0 heterocycles. The summed E-state index contributed by atoms with van der Waals surface area (Å²) in [6.07, 6.45) is 6.11. The molecule has 0 aromatic heterocycles. The van der Waals surface area contributed by atoms with Gasteiger partial charge in [0, 0.05) is 19.3 Å². The van der Waals surface area contributed by atoms with E-state index in [1.807, 2.05) is 0 Å². The molecule has 2 rings (SSSR count). The third-order valence-corrected chi connectivity index (χ3v) is 3.83. The zero-order valence-electron chi connectivity index (χ0n) is 11.4. The van der Waals surface area contributed by atoms with Crippen molar-refractivity contribution in [2.75, 3.05) is 19.3 Å². The van der Waals surface area contributed by atoms with E-state index in [1.54, 1.807) is 18.0 Å². The number of halogens is 1. The average molecular weight is 264 g/mol. The summed E-state index contributed by atoms with van der Waals surface area (Å²) in [6.45, 7) is 0.711. The van der Waals surface area contributed by atoms with Crippen molar-refractivity contribution < 1.29 is 9.18 Å². The summed E-state index contributed by atoms with van der Waals surface area (Å²) >= 11 is 0. The predicted octanol–water partition coefficient (Wildman–Crippen LogP) is 3.06. The topological polar surface area (TPSA) is 46.3 Å². The molecule has 1 fully saturated rings. The van der Waals surface area contributed by atoms with Crippen LogP contribution >= 0.6 is 0 Å². The molecule has 104 valence electrons. The third-order valence-electron chi connectivity index (χ3n) is 3.83. The fourth-order valence-corrected chi connectivity index (χ4v) is 2.75. The molecule has 1 aromatic rings. The number of rotatable bonds is 3. The van der Waals surface area contributed by atoms with Crippen LogP contribution < -0.4 is 5.73 Å². The van der Waals surface area contributed by atoms with Crippen LogP contribution in [0.4, 0.5) is 10.1 Å². The number of anilines is 1. The Morgan fingerprint density at radius 2 is 2.05 bits per heavy atom. The minimum absolute atomic E-state index is 0.104. The lowest BCUT2D eigenvalue weighted by Gasteiger charge is -2.27. The molecule has 0 radical (unpaired) electrons. The molecule has 4 heteroatoms. The maximum Gasteiger partial charge on any atom is 0.256 e. The molecule has 0 bridgehead atoms. The number of carbonyl (C=O) groups is 1. The zero-order chi connectivity index (χ0) is 13.8. The quantitative estimate of drug-likeness (QED) is 0.853. The van der Waals surface area contributed by atoms with E-state index in [9.17, 15) is 9.18 Å². The fourth-order valence-electron chi connectivity index (χ4n) is 2.75. The van der Waals surface area contributed by atoms with E-state index < -0.39 is 5.82 Å². The first-order valence-electron chi connectivity index (χ1n) is 6.88. The van der Waals surface area contributed by atoms with Crippen molar-refractivity contribution in [3.63, 3.8) is 0 Å². The van der Waals surface area contributed by atoms with Crippen molar-refractivity contribution in [2.45, 2.75) is 32.1 Å². The van der Waals surface area contributed by atoms with E-state index in [-0.39, 0.29) is 11.5 Å². The summed E-state index contributed by atoms with van der Waals surface area (Å²) in [5.41, 5.74) is 5.93. The second kappa shape index (κ2) is 6.04. The van der Waals surface area contributed by atoms with Crippen LogP contribution in [-0.4, -0.2) is 24.4 Å². The third kappa shape index (κ3) is 3.46. The van der Waals surface area contributed by atoms with Crippen molar-refractivity contribution >= 4 is 11.6 Å². The molecule has 1 amide bonds. The Balaban J connectivity index is 2.01. The summed E-state index contributed by atoms with van der Waals surface area (Å²) in [4.78, 5) is 13.8. The Morgan fingerprint density at radius 1 is 1.37 bits per heavy atom. The smallest absolute Gasteiger partial charge is 0.256 e. The van der Waals surface area contributed by atoms with Crippen LogP contribution in [0.25, 0.3) is 0 Å². The highest BCUT2D eigenvalue weighted by Gasteiger charge is 2.21. The van der Waals surface area contributed by atoms with E-state index in [4.69, 9.17) is 5.73 Å². The number of nitrogens with two attached hydrogens (primary N) is 1. The van der Waals surface area contributed by atoms with Gasteiger partial charge < -0.3 is 10.6 Å². The van der Waals surface area contributed by atoms with Crippen LogP contribution in [-0.2, 0) is 0 Å². The van der Waals surface area contributed by atoms with Gasteiger partial charge in [0.05, 0.1) is 5.56 Å². The Morgan fingerprint density at radius 3 is 2.68 bits per heavy atom. The Labute approximate surface area is 113 Å². The summed E-state index contributed by atoms with van der Waals surface area (Å²) in [7, 11) is 1.74. The van der Waals surface area contributed by atoms with E-state index in [1.165, 1.54) is 44.2 Å². The number of carbonyl (C=O) groups excluding carboxylic acids is 1. The summed E-state index contributed by atoms with van der Waals surface area (Å²) in [6, 6.07) is 4.22. The first-order chi connectivity index (χ1) is 9.08. The Bertz CT molecular complexity index is 455. The van der Waals surface area contributed by atoms with Crippen molar-refractivity contribution in [3.8, 4) is 0 Å². The lowest BCUT2D eigenvalue weighted by molar-refractivity contribution is 0.0756. The highest BCUT2D eigenvalue weighted by molar-refractivity contribution is 5.94. The largest absolute Gasteiger partial charge is 0.399 e. The molecule has 1 saturated carbocycles. The van der Waals surface area contributed by atoms with Gasteiger partial charge in [-0.2, -0.15) is 0 Å². The summed E-state index contributed by atoms with van der Waals surface area (Å²) < 4.78 is 13.7. The fraction of sp³-hybridized carbons (Fsp3) is 0.533. The maximum absolute atomic E-state index is 13.7. The number of hydrogen-bond donors (Lipinski definition) is 1. The highest BCUT2D eigenvalue weighted by Crippen LogP contribution is 2.24. The molecule has 2 N–H and O–H groups in total. The molecule has 3 nitrogen and oxygen atoms in total. The number of nitrogen functional groups attached to an aromatic ring is 1. The van der Waals surface area contributed by atoms with Crippen LogP contribution in [0.3, 0.4) is 0 Å². The van der Waals surface area contributed by atoms with Gasteiger partial charge in [-0.25, -0.2) is 4.39 Å². The van der Waals surface area contributed by atoms with E-state index in [0.717, 1.165) is 0 Å². The molecule has 0 atom stereocenters. The van der Waals surface area contributed by atoms with E-state index in [2.05, 4.69) is 0 Å². The lowest BCUT2D eigenvalue weighted by atomic mass is 9.89. The van der Waals surface area contributed by atoms with Gasteiger partial charge in [-0.05, 0) is 37.0 Å².